The second-order valence-electron chi connectivity index (χ2n) is 4.24. The van der Waals surface area contributed by atoms with Crippen molar-refractivity contribution in [2.75, 3.05) is 0 Å². The number of carboxylic acids is 1. The molecule has 0 saturated heterocycles. The minimum absolute atomic E-state index is 0.0454. The Morgan fingerprint density at radius 1 is 1.50 bits per heavy atom. The summed E-state index contributed by atoms with van der Waals surface area (Å²) in [6.07, 6.45) is 5.38. The van der Waals surface area contributed by atoms with Crippen LogP contribution >= 0.6 is 0 Å². The van der Waals surface area contributed by atoms with Gasteiger partial charge in [0.25, 0.3) is 0 Å². The van der Waals surface area contributed by atoms with Gasteiger partial charge < -0.3 is 15.0 Å². The summed E-state index contributed by atoms with van der Waals surface area (Å²) in [5.41, 5.74) is 0. The first-order chi connectivity index (χ1) is 7.50. The van der Waals surface area contributed by atoms with E-state index in [2.05, 4.69) is 10.3 Å². The topological polar surface area (TPSA) is 67.2 Å². The van der Waals surface area contributed by atoms with Crippen LogP contribution in [-0.2, 0) is 11.3 Å². The van der Waals surface area contributed by atoms with Gasteiger partial charge in [-0.15, -0.1) is 0 Å². The van der Waals surface area contributed by atoms with E-state index in [0.717, 1.165) is 6.54 Å². The highest BCUT2D eigenvalue weighted by atomic mass is 16.4. The average Bonchev–Trinajstić information content (AvgIpc) is 2.68. The van der Waals surface area contributed by atoms with Crippen LogP contribution < -0.4 is 5.32 Å². The van der Waals surface area contributed by atoms with Gasteiger partial charge in [-0.25, -0.2) is 4.98 Å². The molecule has 0 spiro atoms. The summed E-state index contributed by atoms with van der Waals surface area (Å²) in [5.74, 6) is -1.15. The Morgan fingerprint density at radius 2 is 2.19 bits per heavy atom. The van der Waals surface area contributed by atoms with Gasteiger partial charge in [-0.1, -0.05) is 6.92 Å². The second-order valence-corrected chi connectivity index (χ2v) is 4.24. The molecule has 0 aliphatic heterocycles. The van der Waals surface area contributed by atoms with Crippen LogP contribution in [0.4, 0.5) is 0 Å². The lowest BCUT2D eigenvalue weighted by molar-refractivity contribution is -0.142. The summed E-state index contributed by atoms with van der Waals surface area (Å²) in [6.45, 7) is 6.43. The molecule has 3 unspecified atom stereocenters. The molecule has 5 nitrogen and oxygen atoms in total. The monoisotopic (exact) mass is 225 g/mol. The molecule has 0 aliphatic carbocycles. The molecule has 1 aromatic heterocycles. The predicted molar refractivity (Wildman–Crippen MR) is 61.1 cm³/mol. The molecule has 1 rings (SSSR count). The van der Waals surface area contributed by atoms with E-state index in [9.17, 15) is 4.79 Å². The molecule has 0 bridgehead atoms. The van der Waals surface area contributed by atoms with Gasteiger partial charge in [0, 0.05) is 31.0 Å². The minimum Gasteiger partial charge on any atom is -0.481 e. The zero-order valence-corrected chi connectivity index (χ0v) is 9.92. The summed E-state index contributed by atoms with van der Waals surface area (Å²) in [4.78, 5) is 14.7. The maximum Gasteiger partial charge on any atom is 0.307 e. The highest BCUT2D eigenvalue weighted by Crippen LogP contribution is 2.04. The van der Waals surface area contributed by atoms with Crippen LogP contribution in [0.5, 0.6) is 0 Å². The number of hydrogen-bond acceptors (Lipinski definition) is 3. The fraction of sp³-hybridized carbons (Fsp3) is 0.636. The van der Waals surface area contributed by atoms with E-state index < -0.39 is 5.97 Å². The van der Waals surface area contributed by atoms with E-state index in [1.54, 1.807) is 19.4 Å². The minimum atomic E-state index is -0.769. The normalized spacial score (nSPS) is 16.7. The lowest BCUT2D eigenvalue weighted by atomic mass is 10.0. The smallest absolute Gasteiger partial charge is 0.307 e. The molecular formula is C11H19N3O2. The molecular weight excluding hydrogens is 206 g/mol. The Hall–Kier alpha value is -1.36. The van der Waals surface area contributed by atoms with Gasteiger partial charge in [0.2, 0.25) is 0 Å². The van der Waals surface area contributed by atoms with Crippen molar-refractivity contribution in [3.05, 3.63) is 18.7 Å². The van der Waals surface area contributed by atoms with E-state index in [1.165, 1.54) is 0 Å². The molecule has 2 N–H and O–H groups in total. The molecule has 0 fully saturated rings. The molecule has 0 aliphatic rings. The van der Waals surface area contributed by atoms with E-state index >= 15 is 0 Å². The standard InChI is InChI=1S/C11H19N3O2/c1-8(6-14-5-4-12-7-14)13-10(3)9(2)11(15)16/h4-5,7-10,13H,6H2,1-3H3,(H,15,16). The Balaban J connectivity index is 2.39. The second kappa shape index (κ2) is 5.65. The zero-order valence-electron chi connectivity index (χ0n) is 9.92. The molecule has 0 saturated carbocycles. The Morgan fingerprint density at radius 3 is 2.69 bits per heavy atom. The summed E-state index contributed by atoms with van der Waals surface area (Å²) in [7, 11) is 0. The third-order valence-electron chi connectivity index (χ3n) is 2.73. The van der Waals surface area contributed by atoms with Crippen LogP contribution in [-0.4, -0.2) is 32.7 Å². The van der Waals surface area contributed by atoms with Crippen LogP contribution in [0.2, 0.25) is 0 Å². The third-order valence-corrected chi connectivity index (χ3v) is 2.73. The Bertz CT molecular complexity index is 324. The number of carboxylic acid groups (broad SMARTS) is 1. The number of nitrogens with zero attached hydrogens (tertiary/aromatic N) is 2. The first-order valence-electron chi connectivity index (χ1n) is 5.45. The quantitative estimate of drug-likeness (QED) is 0.757. The molecule has 0 aromatic carbocycles. The zero-order chi connectivity index (χ0) is 12.1. The van der Waals surface area contributed by atoms with E-state index in [0.29, 0.717) is 0 Å². The van der Waals surface area contributed by atoms with Crippen molar-refractivity contribution >= 4 is 5.97 Å². The molecule has 3 atom stereocenters. The van der Waals surface area contributed by atoms with Crippen LogP contribution in [0.3, 0.4) is 0 Å². The number of aliphatic carboxylic acids is 1. The van der Waals surface area contributed by atoms with Crippen molar-refractivity contribution in [1.29, 1.82) is 0 Å². The number of nitrogens with one attached hydrogen (secondary N) is 1. The van der Waals surface area contributed by atoms with Crippen LogP contribution in [0, 0.1) is 5.92 Å². The molecule has 16 heavy (non-hydrogen) atoms. The maximum atomic E-state index is 10.8. The van der Waals surface area contributed by atoms with Gasteiger partial charge >= 0.3 is 5.97 Å². The largest absolute Gasteiger partial charge is 0.481 e. The molecule has 0 amide bonds. The maximum absolute atomic E-state index is 10.8. The Kier molecular flexibility index (Phi) is 4.49. The number of hydrogen-bond donors (Lipinski definition) is 2. The van der Waals surface area contributed by atoms with Crippen LogP contribution in [0.1, 0.15) is 20.8 Å². The fourth-order valence-electron chi connectivity index (χ4n) is 1.57. The first-order valence-corrected chi connectivity index (χ1v) is 5.45. The van der Waals surface area contributed by atoms with Crippen molar-refractivity contribution in [1.82, 2.24) is 14.9 Å². The molecule has 1 aromatic rings. The SMILES string of the molecule is CC(Cn1ccnc1)NC(C)C(C)C(=O)O. The van der Waals surface area contributed by atoms with Gasteiger partial charge in [0.05, 0.1) is 12.2 Å². The van der Waals surface area contributed by atoms with Crippen molar-refractivity contribution in [3.8, 4) is 0 Å². The summed E-state index contributed by atoms with van der Waals surface area (Å²) >= 11 is 0. The van der Waals surface area contributed by atoms with Crippen LogP contribution in [0.15, 0.2) is 18.7 Å². The van der Waals surface area contributed by atoms with Crippen molar-refractivity contribution < 1.29 is 9.90 Å². The van der Waals surface area contributed by atoms with Gasteiger partial charge in [-0.3, -0.25) is 4.79 Å². The van der Waals surface area contributed by atoms with E-state index in [-0.39, 0.29) is 18.0 Å². The van der Waals surface area contributed by atoms with Crippen molar-refractivity contribution in [2.24, 2.45) is 5.92 Å². The van der Waals surface area contributed by atoms with E-state index in [1.807, 2.05) is 24.6 Å². The van der Waals surface area contributed by atoms with Crippen LogP contribution in [0.25, 0.3) is 0 Å². The highest BCUT2D eigenvalue weighted by molar-refractivity contribution is 5.70. The van der Waals surface area contributed by atoms with Gasteiger partial charge in [-0.05, 0) is 13.8 Å². The third kappa shape index (κ3) is 3.66. The average molecular weight is 225 g/mol. The van der Waals surface area contributed by atoms with Gasteiger partial charge in [0.1, 0.15) is 0 Å². The lowest BCUT2D eigenvalue weighted by Gasteiger charge is -2.23. The predicted octanol–water partition coefficient (Wildman–Crippen LogP) is 0.970. The lowest BCUT2D eigenvalue weighted by Crippen LogP contribution is -2.42. The molecule has 5 heteroatoms. The number of rotatable bonds is 6. The number of imidazole rings is 1. The van der Waals surface area contributed by atoms with E-state index in [4.69, 9.17) is 5.11 Å². The first kappa shape index (κ1) is 12.7. The summed E-state index contributed by atoms with van der Waals surface area (Å²) in [6, 6.07) is 0.169. The summed E-state index contributed by atoms with van der Waals surface area (Å²) in [5, 5.41) is 12.1. The van der Waals surface area contributed by atoms with Gasteiger partial charge in [0.15, 0.2) is 0 Å². The summed E-state index contributed by atoms with van der Waals surface area (Å²) < 4.78 is 1.97. The molecule has 90 valence electrons. The fourth-order valence-corrected chi connectivity index (χ4v) is 1.57. The number of aromatic nitrogens is 2. The highest BCUT2D eigenvalue weighted by Gasteiger charge is 2.20. The Labute approximate surface area is 95.5 Å². The molecule has 1 heterocycles. The van der Waals surface area contributed by atoms with Crippen molar-refractivity contribution in [2.45, 2.75) is 39.4 Å². The molecule has 0 radical (unpaired) electrons. The van der Waals surface area contributed by atoms with Gasteiger partial charge in [-0.2, -0.15) is 0 Å². The number of carbonyl (C=O) groups is 1. The van der Waals surface area contributed by atoms with Crippen molar-refractivity contribution in [3.63, 3.8) is 0 Å².